The highest BCUT2D eigenvalue weighted by Gasteiger charge is 2.41. The predicted molar refractivity (Wildman–Crippen MR) is 73.3 cm³/mol. The van der Waals surface area contributed by atoms with Crippen molar-refractivity contribution in [2.75, 3.05) is 5.32 Å². The van der Waals surface area contributed by atoms with Gasteiger partial charge in [-0.2, -0.15) is 5.26 Å². The van der Waals surface area contributed by atoms with Gasteiger partial charge in [-0.05, 0) is 18.9 Å². The second kappa shape index (κ2) is 5.47. The summed E-state index contributed by atoms with van der Waals surface area (Å²) in [5.74, 6) is -0.445. The molecule has 0 heterocycles. The third kappa shape index (κ3) is 2.58. The standard InChI is InChI=1S/C13H12ClN3O3/c14-10-4-3-9(17(19)20)7-11(10)16-12(18)13(8-15)5-1-2-6-13/h3-4,7H,1-2,5-6H2,(H,16,18). The molecule has 1 saturated carbocycles. The molecule has 0 bridgehead atoms. The topological polar surface area (TPSA) is 96.0 Å². The smallest absolute Gasteiger partial charge is 0.271 e. The van der Waals surface area contributed by atoms with Crippen LogP contribution < -0.4 is 5.32 Å². The zero-order chi connectivity index (χ0) is 14.8. The normalized spacial score (nSPS) is 16.4. The number of nitro groups is 1. The summed E-state index contributed by atoms with van der Waals surface area (Å²) in [6.45, 7) is 0. The first-order valence-corrected chi connectivity index (χ1v) is 6.53. The molecule has 0 radical (unpaired) electrons. The van der Waals surface area contributed by atoms with Gasteiger partial charge in [-0.25, -0.2) is 0 Å². The van der Waals surface area contributed by atoms with Gasteiger partial charge in [-0.3, -0.25) is 14.9 Å². The number of nitro benzene ring substituents is 1. The number of hydrogen-bond acceptors (Lipinski definition) is 4. The average Bonchev–Trinajstić information content (AvgIpc) is 2.91. The number of nitrogens with zero attached hydrogens (tertiary/aromatic N) is 2. The molecule has 20 heavy (non-hydrogen) atoms. The Bertz CT molecular complexity index is 603. The van der Waals surface area contributed by atoms with Crippen molar-refractivity contribution < 1.29 is 9.72 Å². The maximum atomic E-state index is 12.2. The quantitative estimate of drug-likeness (QED) is 0.683. The summed E-state index contributed by atoms with van der Waals surface area (Å²) in [6, 6.07) is 5.87. The van der Waals surface area contributed by atoms with Crippen LogP contribution >= 0.6 is 11.6 Å². The zero-order valence-corrected chi connectivity index (χ0v) is 11.3. The number of nitrogens with one attached hydrogen (secondary N) is 1. The highest BCUT2D eigenvalue weighted by Crippen LogP contribution is 2.39. The van der Waals surface area contributed by atoms with Gasteiger partial charge in [-0.1, -0.05) is 24.4 Å². The molecular weight excluding hydrogens is 282 g/mol. The molecule has 0 spiro atoms. The maximum absolute atomic E-state index is 12.2. The fraction of sp³-hybridized carbons (Fsp3) is 0.385. The summed E-state index contributed by atoms with van der Waals surface area (Å²) in [4.78, 5) is 22.4. The first kappa shape index (κ1) is 14.3. The van der Waals surface area contributed by atoms with Crippen molar-refractivity contribution in [3.63, 3.8) is 0 Å². The minimum Gasteiger partial charge on any atom is -0.323 e. The van der Waals surface area contributed by atoms with Crippen molar-refractivity contribution in [3.8, 4) is 6.07 Å². The maximum Gasteiger partial charge on any atom is 0.271 e. The van der Waals surface area contributed by atoms with Gasteiger partial charge in [0.05, 0.1) is 21.7 Å². The van der Waals surface area contributed by atoms with Crippen molar-refractivity contribution in [1.82, 2.24) is 0 Å². The molecule has 1 amide bonds. The molecule has 104 valence electrons. The third-order valence-electron chi connectivity index (χ3n) is 3.51. The Balaban J connectivity index is 2.26. The molecule has 0 atom stereocenters. The molecule has 0 unspecified atom stereocenters. The number of carbonyl (C=O) groups excluding carboxylic acids is 1. The molecular formula is C13H12ClN3O3. The number of hydrogen-bond donors (Lipinski definition) is 1. The number of halogens is 1. The molecule has 1 fully saturated rings. The van der Waals surface area contributed by atoms with Gasteiger partial charge in [0, 0.05) is 12.1 Å². The number of non-ortho nitro benzene ring substituents is 1. The van der Waals surface area contributed by atoms with Crippen LogP contribution in [0.4, 0.5) is 11.4 Å². The van der Waals surface area contributed by atoms with Crippen molar-refractivity contribution in [2.45, 2.75) is 25.7 Å². The van der Waals surface area contributed by atoms with E-state index in [1.807, 2.05) is 0 Å². The summed E-state index contributed by atoms with van der Waals surface area (Å²) in [5.41, 5.74) is -1.05. The summed E-state index contributed by atoms with van der Waals surface area (Å²) in [7, 11) is 0. The van der Waals surface area contributed by atoms with E-state index in [2.05, 4.69) is 11.4 Å². The fourth-order valence-corrected chi connectivity index (χ4v) is 2.50. The van der Waals surface area contributed by atoms with Crippen LogP contribution in [0.5, 0.6) is 0 Å². The lowest BCUT2D eigenvalue weighted by Crippen LogP contribution is -2.32. The summed E-state index contributed by atoms with van der Waals surface area (Å²) >= 11 is 5.92. The van der Waals surface area contributed by atoms with Gasteiger partial charge in [0.25, 0.3) is 5.69 Å². The second-order valence-electron chi connectivity index (χ2n) is 4.78. The zero-order valence-electron chi connectivity index (χ0n) is 10.6. The molecule has 2 rings (SSSR count). The number of rotatable bonds is 3. The molecule has 1 aliphatic rings. The van der Waals surface area contributed by atoms with Crippen LogP contribution in [0, 0.1) is 26.9 Å². The fourth-order valence-electron chi connectivity index (χ4n) is 2.33. The minimum atomic E-state index is -1.05. The lowest BCUT2D eigenvalue weighted by molar-refractivity contribution is -0.384. The Morgan fingerprint density at radius 3 is 2.65 bits per heavy atom. The van der Waals surface area contributed by atoms with Gasteiger partial charge in [0.1, 0.15) is 5.41 Å². The summed E-state index contributed by atoms with van der Waals surface area (Å²) < 4.78 is 0. The van der Waals surface area contributed by atoms with Gasteiger partial charge in [-0.15, -0.1) is 0 Å². The van der Waals surface area contributed by atoms with E-state index in [0.717, 1.165) is 12.8 Å². The van der Waals surface area contributed by atoms with Gasteiger partial charge < -0.3 is 5.32 Å². The molecule has 1 aliphatic carbocycles. The van der Waals surface area contributed by atoms with Crippen LogP contribution in [0.1, 0.15) is 25.7 Å². The van der Waals surface area contributed by atoms with Crippen LogP contribution in [0.3, 0.4) is 0 Å². The minimum absolute atomic E-state index is 0.160. The number of benzene rings is 1. The monoisotopic (exact) mass is 293 g/mol. The van der Waals surface area contributed by atoms with Crippen LogP contribution in [0.15, 0.2) is 18.2 Å². The van der Waals surface area contributed by atoms with E-state index >= 15 is 0 Å². The Labute approximate surface area is 120 Å². The first-order valence-electron chi connectivity index (χ1n) is 6.15. The Morgan fingerprint density at radius 1 is 1.45 bits per heavy atom. The van der Waals surface area contributed by atoms with Crippen molar-refractivity contribution in [2.24, 2.45) is 5.41 Å². The number of anilines is 1. The predicted octanol–water partition coefficient (Wildman–Crippen LogP) is 3.27. The highest BCUT2D eigenvalue weighted by molar-refractivity contribution is 6.33. The number of carbonyl (C=O) groups is 1. The lowest BCUT2D eigenvalue weighted by atomic mass is 9.87. The van der Waals surface area contributed by atoms with Gasteiger partial charge in [0.15, 0.2) is 0 Å². The lowest BCUT2D eigenvalue weighted by Gasteiger charge is -2.19. The average molecular weight is 294 g/mol. The molecule has 6 nitrogen and oxygen atoms in total. The summed E-state index contributed by atoms with van der Waals surface area (Å²) in [6.07, 6.45) is 2.65. The molecule has 0 aromatic heterocycles. The van der Waals surface area contributed by atoms with Crippen LogP contribution in [0.2, 0.25) is 5.02 Å². The molecule has 1 aromatic carbocycles. The van der Waals surface area contributed by atoms with E-state index in [1.54, 1.807) is 0 Å². The van der Waals surface area contributed by atoms with Crippen molar-refractivity contribution in [3.05, 3.63) is 33.3 Å². The van der Waals surface area contributed by atoms with Crippen molar-refractivity contribution >= 4 is 28.9 Å². The number of amides is 1. The largest absolute Gasteiger partial charge is 0.323 e. The first-order chi connectivity index (χ1) is 9.48. The molecule has 1 aromatic rings. The van der Waals surface area contributed by atoms with Gasteiger partial charge >= 0.3 is 0 Å². The van der Waals surface area contributed by atoms with E-state index in [9.17, 15) is 20.2 Å². The Kier molecular flexibility index (Phi) is 3.91. The van der Waals surface area contributed by atoms with Crippen LogP contribution in [-0.2, 0) is 4.79 Å². The highest BCUT2D eigenvalue weighted by atomic mass is 35.5. The van der Waals surface area contributed by atoms with E-state index in [-0.39, 0.29) is 16.4 Å². The van der Waals surface area contributed by atoms with E-state index < -0.39 is 16.2 Å². The molecule has 1 N–H and O–H groups in total. The van der Waals surface area contributed by atoms with Gasteiger partial charge in [0.2, 0.25) is 5.91 Å². The molecule has 0 saturated heterocycles. The van der Waals surface area contributed by atoms with E-state index in [1.165, 1.54) is 18.2 Å². The molecule has 7 heteroatoms. The SMILES string of the molecule is N#CC1(C(=O)Nc2cc([N+](=O)[O-])ccc2Cl)CCCC1. The van der Waals surface area contributed by atoms with Crippen LogP contribution in [0.25, 0.3) is 0 Å². The van der Waals surface area contributed by atoms with E-state index in [0.29, 0.717) is 12.8 Å². The Morgan fingerprint density at radius 2 is 2.10 bits per heavy atom. The Hall–Kier alpha value is -2.13. The summed E-state index contributed by atoms with van der Waals surface area (Å²) in [5, 5.41) is 22.7. The third-order valence-corrected chi connectivity index (χ3v) is 3.84. The molecule has 0 aliphatic heterocycles. The van der Waals surface area contributed by atoms with Crippen LogP contribution in [-0.4, -0.2) is 10.8 Å². The van der Waals surface area contributed by atoms with E-state index in [4.69, 9.17) is 11.6 Å². The second-order valence-corrected chi connectivity index (χ2v) is 5.18. The van der Waals surface area contributed by atoms with Crippen molar-refractivity contribution in [1.29, 1.82) is 5.26 Å². The number of nitriles is 1.